The van der Waals surface area contributed by atoms with Crippen LogP contribution in [0.4, 0.5) is 5.82 Å². The summed E-state index contributed by atoms with van der Waals surface area (Å²) in [6, 6.07) is 5.64. The third-order valence-electron chi connectivity index (χ3n) is 2.64. The molecule has 0 aliphatic carbocycles. The van der Waals surface area contributed by atoms with Gasteiger partial charge in [-0.25, -0.2) is 9.97 Å². The van der Waals surface area contributed by atoms with Crippen LogP contribution < -0.4 is 5.73 Å². The minimum Gasteiger partial charge on any atom is -0.383 e. The summed E-state index contributed by atoms with van der Waals surface area (Å²) in [5, 5.41) is 1.29. The van der Waals surface area contributed by atoms with E-state index < -0.39 is 0 Å². The minimum atomic E-state index is 0.458. The summed E-state index contributed by atoms with van der Waals surface area (Å²) < 4.78 is 0.484. The Morgan fingerprint density at radius 1 is 1.22 bits per heavy atom. The highest BCUT2D eigenvalue weighted by Crippen LogP contribution is 2.28. The van der Waals surface area contributed by atoms with Crippen LogP contribution in [0.25, 0.3) is 22.2 Å². The molecule has 0 aliphatic heterocycles. The van der Waals surface area contributed by atoms with Crippen molar-refractivity contribution in [2.45, 2.75) is 0 Å². The Morgan fingerprint density at radius 3 is 2.78 bits per heavy atom. The summed E-state index contributed by atoms with van der Waals surface area (Å²) in [6.45, 7) is 0. The Balaban J connectivity index is 2.26. The molecule has 3 aromatic rings. The maximum absolute atomic E-state index is 6.05. The van der Waals surface area contributed by atoms with Gasteiger partial charge in [-0.2, -0.15) is 0 Å². The molecule has 0 fully saturated rings. The minimum absolute atomic E-state index is 0.458. The molecule has 0 aliphatic rings. The first-order valence-corrected chi connectivity index (χ1v) is 5.92. The first kappa shape index (κ1) is 11.2. The second-order valence-corrected chi connectivity index (χ2v) is 4.55. The molecule has 90 valence electrons. The number of hydrogen-bond acceptors (Lipinski definition) is 4. The number of rotatable bonds is 1. The molecule has 7 heteroatoms. The summed E-state index contributed by atoms with van der Waals surface area (Å²) in [6.07, 6.45) is 1.43. The van der Waals surface area contributed by atoms with Gasteiger partial charge >= 0.3 is 0 Å². The molecule has 0 saturated heterocycles. The van der Waals surface area contributed by atoms with Crippen molar-refractivity contribution in [3.63, 3.8) is 0 Å². The summed E-state index contributed by atoms with van der Waals surface area (Å²) in [7, 11) is 0. The Labute approximate surface area is 112 Å². The second-order valence-electron chi connectivity index (χ2n) is 3.76. The van der Waals surface area contributed by atoms with E-state index in [0.717, 1.165) is 22.2 Å². The van der Waals surface area contributed by atoms with Crippen LogP contribution in [0.15, 0.2) is 24.5 Å². The van der Waals surface area contributed by atoms with E-state index in [1.54, 1.807) is 0 Å². The van der Waals surface area contributed by atoms with Crippen LogP contribution >= 0.6 is 23.8 Å². The van der Waals surface area contributed by atoms with Crippen molar-refractivity contribution in [2.24, 2.45) is 0 Å². The summed E-state index contributed by atoms with van der Waals surface area (Å²) in [5.41, 5.74) is 8.16. The van der Waals surface area contributed by atoms with Crippen LogP contribution in [0.3, 0.4) is 0 Å². The first-order valence-electron chi connectivity index (χ1n) is 5.13. The predicted molar refractivity (Wildman–Crippen MR) is 73.9 cm³/mol. The smallest absolute Gasteiger partial charge is 0.176 e. The standard InChI is InChI=1S/C11H8ClN5S/c12-9-8(16-11(18)17-9)5-1-2-6-7(3-5)14-4-15-10(6)13/h1-4H,(H2,13,14,15)(H2,16,17,18). The fourth-order valence-electron chi connectivity index (χ4n) is 1.79. The van der Waals surface area contributed by atoms with Gasteiger partial charge in [0.2, 0.25) is 0 Å². The summed E-state index contributed by atoms with van der Waals surface area (Å²) >= 11 is 11.0. The van der Waals surface area contributed by atoms with Gasteiger partial charge in [-0.3, -0.25) is 0 Å². The molecule has 0 radical (unpaired) electrons. The highest BCUT2D eigenvalue weighted by Gasteiger charge is 2.08. The topological polar surface area (TPSA) is 83.4 Å². The molecule has 0 atom stereocenters. The number of anilines is 1. The van der Waals surface area contributed by atoms with Crippen molar-refractivity contribution < 1.29 is 0 Å². The zero-order valence-corrected chi connectivity index (χ0v) is 10.6. The molecule has 3 rings (SSSR count). The highest BCUT2D eigenvalue weighted by atomic mass is 35.5. The van der Waals surface area contributed by atoms with Gasteiger partial charge in [0.15, 0.2) is 4.77 Å². The van der Waals surface area contributed by atoms with Crippen LogP contribution in [0, 0.1) is 4.77 Å². The van der Waals surface area contributed by atoms with Crippen LogP contribution in [-0.4, -0.2) is 19.9 Å². The molecule has 5 nitrogen and oxygen atoms in total. The van der Waals surface area contributed by atoms with Crippen molar-refractivity contribution >= 4 is 40.5 Å². The Hall–Kier alpha value is -1.92. The van der Waals surface area contributed by atoms with E-state index >= 15 is 0 Å². The molecular formula is C11H8ClN5S. The van der Waals surface area contributed by atoms with Crippen LogP contribution in [0.2, 0.25) is 5.15 Å². The molecule has 2 aromatic heterocycles. The molecule has 0 bridgehead atoms. The van der Waals surface area contributed by atoms with Crippen LogP contribution in [0.5, 0.6) is 0 Å². The lowest BCUT2D eigenvalue weighted by molar-refractivity contribution is 1.23. The van der Waals surface area contributed by atoms with E-state index in [9.17, 15) is 0 Å². The zero-order chi connectivity index (χ0) is 12.7. The zero-order valence-electron chi connectivity index (χ0n) is 9.07. The fraction of sp³-hybridized carbons (Fsp3) is 0. The van der Waals surface area contributed by atoms with Gasteiger partial charge in [0.05, 0.1) is 11.2 Å². The largest absolute Gasteiger partial charge is 0.383 e. The van der Waals surface area contributed by atoms with Crippen LogP contribution in [-0.2, 0) is 0 Å². The Kier molecular flexibility index (Phi) is 2.53. The number of nitrogen functional groups attached to an aromatic ring is 1. The normalized spacial score (nSPS) is 10.9. The predicted octanol–water partition coefficient (Wildman–Crippen LogP) is 2.92. The molecule has 0 unspecified atom stereocenters. The van der Waals surface area contributed by atoms with Gasteiger partial charge in [-0.05, 0) is 24.4 Å². The van der Waals surface area contributed by atoms with Crippen molar-refractivity contribution in [3.8, 4) is 11.3 Å². The SMILES string of the molecule is Nc1ncnc2cc(-c3[nH]c(=S)[nH]c3Cl)ccc12. The second kappa shape index (κ2) is 4.08. The number of nitrogens with one attached hydrogen (secondary N) is 2. The molecular weight excluding hydrogens is 270 g/mol. The van der Waals surface area contributed by atoms with E-state index in [-0.39, 0.29) is 0 Å². The third kappa shape index (κ3) is 1.75. The first-order chi connectivity index (χ1) is 8.65. The number of hydrogen-bond donors (Lipinski definition) is 3. The maximum Gasteiger partial charge on any atom is 0.176 e. The number of benzene rings is 1. The van der Waals surface area contributed by atoms with E-state index in [2.05, 4.69) is 19.9 Å². The number of H-pyrrole nitrogens is 2. The van der Waals surface area contributed by atoms with Crippen molar-refractivity contribution in [1.29, 1.82) is 0 Å². The average Bonchev–Trinajstić information content (AvgIpc) is 2.68. The van der Waals surface area contributed by atoms with E-state index in [1.165, 1.54) is 6.33 Å². The number of nitrogens with two attached hydrogens (primary N) is 1. The average molecular weight is 278 g/mol. The summed E-state index contributed by atoms with van der Waals surface area (Å²) in [5.74, 6) is 0.458. The molecule has 2 heterocycles. The summed E-state index contributed by atoms with van der Waals surface area (Å²) in [4.78, 5) is 13.9. The van der Waals surface area contributed by atoms with Gasteiger partial charge < -0.3 is 15.7 Å². The molecule has 1 aromatic carbocycles. The molecule has 0 saturated carbocycles. The van der Waals surface area contributed by atoms with Crippen LogP contribution in [0.1, 0.15) is 0 Å². The van der Waals surface area contributed by atoms with Gasteiger partial charge in [0.1, 0.15) is 17.3 Å². The molecule has 0 amide bonds. The maximum atomic E-state index is 6.05. The van der Waals surface area contributed by atoms with Crippen molar-refractivity contribution in [1.82, 2.24) is 19.9 Å². The number of aromatic nitrogens is 4. The molecule has 18 heavy (non-hydrogen) atoms. The molecule has 4 N–H and O–H groups in total. The van der Waals surface area contributed by atoms with Crippen molar-refractivity contribution in [3.05, 3.63) is 34.5 Å². The molecule has 0 spiro atoms. The fourth-order valence-corrected chi connectivity index (χ4v) is 2.31. The Bertz CT molecular complexity index is 791. The van der Waals surface area contributed by atoms with Gasteiger partial charge in [-0.15, -0.1) is 0 Å². The lowest BCUT2D eigenvalue weighted by atomic mass is 10.1. The number of aromatic amines is 2. The lowest BCUT2D eigenvalue weighted by Crippen LogP contribution is -1.93. The number of halogens is 1. The van der Waals surface area contributed by atoms with Gasteiger partial charge in [-0.1, -0.05) is 17.7 Å². The monoisotopic (exact) mass is 277 g/mol. The quantitative estimate of drug-likeness (QED) is 0.597. The van der Waals surface area contributed by atoms with Gasteiger partial charge in [0.25, 0.3) is 0 Å². The number of fused-ring (bicyclic) bond motifs is 1. The Morgan fingerprint density at radius 2 is 2.06 bits per heavy atom. The van der Waals surface area contributed by atoms with E-state index in [1.807, 2.05) is 18.2 Å². The third-order valence-corrected chi connectivity index (χ3v) is 3.12. The number of imidazole rings is 1. The van der Waals surface area contributed by atoms with E-state index in [4.69, 9.17) is 29.6 Å². The number of nitrogens with zero attached hydrogens (tertiary/aromatic N) is 2. The van der Waals surface area contributed by atoms with E-state index in [0.29, 0.717) is 15.7 Å². The highest BCUT2D eigenvalue weighted by molar-refractivity contribution is 7.71. The lowest BCUT2D eigenvalue weighted by Gasteiger charge is -2.03. The van der Waals surface area contributed by atoms with Crippen molar-refractivity contribution in [2.75, 3.05) is 5.73 Å². The van der Waals surface area contributed by atoms with Gasteiger partial charge in [0, 0.05) is 10.9 Å².